The first-order valence-electron chi connectivity index (χ1n) is 4.85. The summed E-state index contributed by atoms with van der Waals surface area (Å²) in [4.78, 5) is 8.32. The summed E-state index contributed by atoms with van der Waals surface area (Å²) < 4.78 is 6.97. The van der Waals surface area contributed by atoms with Gasteiger partial charge in [-0.25, -0.2) is 4.98 Å². The molecule has 80 valence electrons. The molecule has 0 fully saturated rings. The van der Waals surface area contributed by atoms with Gasteiger partial charge in [0.15, 0.2) is 5.82 Å². The van der Waals surface area contributed by atoms with Gasteiger partial charge in [0.2, 0.25) is 5.89 Å². The smallest absolute Gasteiger partial charge is 0.246 e. The van der Waals surface area contributed by atoms with Gasteiger partial charge in [0.05, 0.1) is 6.54 Å². The van der Waals surface area contributed by atoms with Gasteiger partial charge >= 0.3 is 0 Å². The van der Waals surface area contributed by atoms with E-state index in [-0.39, 0.29) is 0 Å². The molecular weight excluding hydrogens is 194 g/mol. The first kappa shape index (κ1) is 9.85. The van der Waals surface area contributed by atoms with Crippen LogP contribution in [-0.2, 0) is 19.5 Å². The van der Waals surface area contributed by atoms with E-state index in [4.69, 9.17) is 10.3 Å². The van der Waals surface area contributed by atoms with E-state index < -0.39 is 0 Å². The summed E-state index contributed by atoms with van der Waals surface area (Å²) in [6.07, 6.45) is 4.33. The van der Waals surface area contributed by atoms with E-state index in [1.807, 2.05) is 17.7 Å². The van der Waals surface area contributed by atoms with Crippen molar-refractivity contribution in [3.05, 3.63) is 29.9 Å². The first-order valence-corrected chi connectivity index (χ1v) is 4.85. The minimum atomic E-state index is 0.405. The molecule has 0 atom stereocenters. The van der Waals surface area contributed by atoms with Crippen molar-refractivity contribution < 1.29 is 4.52 Å². The standard InChI is InChI=1S/C9H13N5O/c1-2-7-12-9(15-13-7)6-14-4-3-11-8(14)5-10/h3-4H,2,5-6,10H2,1H3. The Hall–Kier alpha value is -1.69. The zero-order chi connectivity index (χ0) is 10.7. The third kappa shape index (κ3) is 2.04. The summed E-state index contributed by atoms with van der Waals surface area (Å²) in [6, 6.07) is 0. The van der Waals surface area contributed by atoms with Gasteiger partial charge in [0.25, 0.3) is 0 Å². The third-order valence-electron chi connectivity index (χ3n) is 2.12. The van der Waals surface area contributed by atoms with E-state index in [1.165, 1.54) is 0 Å². The zero-order valence-corrected chi connectivity index (χ0v) is 8.55. The van der Waals surface area contributed by atoms with Crippen molar-refractivity contribution in [3.8, 4) is 0 Å². The molecule has 0 aromatic carbocycles. The Labute approximate surface area is 87.1 Å². The lowest BCUT2D eigenvalue weighted by Gasteiger charge is -2.01. The van der Waals surface area contributed by atoms with Crippen LogP contribution in [0.2, 0.25) is 0 Å². The van der Waals surface area contributed by atoms with Crippen LogP contribution in [0.3, 0.4) is 0 Å². The van der Waals surface area contributed by atoms with Crippen molar-refractivity contribution in [1.82, 2.24) is 19.7 Å². The van der Waals surface area contributed by atoms with E-state index in [2.05, 4.69) is 15.1 Å². The number of nitrogens with two attached hydrogens (primary N) is 1. The van der Waals surface area contributed by atoms with Crippen LogP contribution in [0.5, 0.6) is 0 Å². The lowest BCUT2D eigenvalue weighted by atomic mass is 10.5. The maximum Gasteiger partial charge on any atom is 0.246 e. The summed E-state index contributed by atoms with van der Waals surface area (Å²) >= 11 is 0. The number of imidazole rings is 1. The van der Waals surface area contributed by atoms with E-state index in [9.17, 15) is 0 Å². The van der Waals surface area contributed by atoms with Crippen molar-refractivity contribution >= 4 is 0 Å². The molecule has 15 heavy (non-hydrogen) atoms. The van der Waals surface area contributed by atoms with Crippen LogP contribution in [0.1, 0.15) is 24.5 Å². The Morgan fingerprint density at radius 3 is 3.07 bits per heavy atom. The predicted octanol–water partition coefficient (Wildman–Crippen LogP) is 0.336. The highest BCUT2D eigenvalue weighted by molar-refractivity contribution is 4.95. The van der Waals surface area contributed by atoms with Crippen molar-refractivity contribution in [3.63, 3.8) is 0 Å². The molecule has 6 heteroatoms. The monoisotopic (exact) mass is 207 g/mol. The zero-order valence-electron chi connectivity index (χ0n) is 8.55. The second-order valence-corrected chi connectivity index (χ2v) is 3.13. The Bertz CT molecular complexity index is 433. The lowest BCUT2D eigenvalue weighted by molar-refractivity contribution is 0.365. The number of aromatic nitrogens is 4. The molecule has 2 rings (SSSR count). The highest BCUT2D eigenvalue weighted by Gasteiger charge is 2.07. The van der Waals surface area contributed by atoms with Crippen molar-refractivity contribution in [2.75, 3.05) is 0 Å². The lowest BCUT2D eigenvalue weighted by Crippen LogP contribution is -2.09. The number of aryl methyl sites for hydroxylation is 1. The molecule has 0 saturated heterocycles. The highest BCUT2D eigenvalue weighted by Crippen LogP contribution is 2.03. The van der Waals surface area contributed by atoms with Crippen LogP contribution >= 0.6 is 0 Å². The molecule has 0 unspecified atom stereocenters. The van der Waals surface area contributed by atoms with Crippen molar-refractivity contribution in [2.45, 2.75) is 26.4 Å². The van der Waals surface area contributed by atoms with Gasteiger partial charge in [-0.05, 0) is 0 Å². The van der Waals surface area contributed by atoms with E-state index in [1.54, 1.807) is 6.20 Å². The number of rotatable bonds is 4. The molecule has 0 radical (unpaired) electrons. The molecule has 0 bridgehead atoms. The predicted molar refractivity (Wildman–Crippen MR) is 52.9 cm³/mol. The van der Waals surface area contributed by atoms with Crippen molar-refractivity contribution in [1.29, 1.82) is 0 Å². The van der Waals surface area contributed by atoms with E-state index in [0.29, 0.717) is 19.0 Å². The normalized spacial score (nSPS) is 10.8. The summed E-state index contributed by atoms with van der Waals surface area (Å²) in [5.41, 5.74) is 5.53. The van der Waals surface area contributed by atoms with Crippen LogP contribution in [-0.4, -0.2) is 19.7 Å². The Morgan fingerprint density at radius 1 is 1.53 bits per heavy atom. The van der Waals surface area contributed by atoms with E-state index >= 15 is 0 Å². The molecule has 2 N–H and O–H groups in total. The Balaban J connectivity index is 2.14. The second-order valence-electron chi connectivity index (χ2n) is 3.13. The van der Waals surface area contributed by atoms with E-state index in [0.717, 1.165) is 18.1 Å². The van der Waals surface area contributed by atoms with Crippen LogP contribution in [0.25, 0.3) is 0 Å². The minimum Gasteiger partial charge on any atom is -0.337 e. The quantitative estimate of drug-likeness (QED) is 0.781. The van der Waals surface area contributed by atoms with Gasteiger partial charge < -0.3 is 14.8 Å². The maximum atomic E-state index is 5.53. The molecule has 0 saturated carbocycles. The average Bonchev–Trinajstić information content (AvgIpc) is 2.87. The fourth-order valence-electron chi connectivity index (χ4n) is 1.32. The summed E-state index contributed by atoms with van der Waals surface area (Å²) in [7, 11) is 0. The third-order valence-corrected chi connectivity index (χ3v) is 2.12. The van der Waals surface area contributed by atoms with Gasteiger partial charge in [0, 0.05) is 18.8 Å². The summed E-state index contributed by atoms with van der Waals surface area (Å²) in [5, 5.41) is 3.82. The molecule has 0 aliphatic carbocycles. The van der Waals surface area contributed by atoms with Crippen LogP contribution in [0.15, 0.2) is 16.9 Å². The Kier molecular flexibility index (Phi) is 2.77. The molecular formula is C9H13N5O. The first-order chi connectivity index (χ1) is 7.33. The Morgan fingerprint density at radius 2 is 2.40 bits per heavy atom. The van der Waals surface area contributed by atoms with Gasteiger partial charge in [-0.15, -0.1) is 0 Å². The van der Waals surface area contributed by atoms with Crippen LogP contribution in [0, 0.1) is 0 Å². The molecule has 0 aliphatic heterocycles. The average molecular weight is 207 g/mol. The largest absolute Gasteiger partial charge is 0.337 e. The van der Waals surface area contributed by atoms with Gasteiger partial charge in [0.1, 0.15) is 12.4 Å². The summed E-state index contributed by atoms with van der Waals surface area (Å²) in [6.45, 7) is 2.92. The number of nitrogens with zero attached hydrogens (tertiary/aromatic N) is 4. The number of hydrogen-bond donors (Lipinski definition) is 1. The SMILES string of the molecule is CCc1noc(Cn2ccnc2CN)n1. The maximum absolute atomic E-state index is 5.53. The highest BCUT2D eigenvalue weighted by atomic mass is 16.5. The number of hydrogen-bond acceptors (Lipinski definition) is 5. The molecule has 2 aromatic heterocycles. The van der Waals surface area contributed by atoms with Crippen LogP contribution in [0.4, 0.5) is 0 Å². The van der Waals surface area contributed by atoms with Crippen molar-refractivity contribution in [2.24, 2.45) is 5.73 Å². The molecule has 0 spiro atoms. The molecule has 0 aliphatic rings. The topological polar surface area (TPSA) is 82.8 Å². The van der Waals surface area contributed by atoms with Crippen LogP contribution < -0.4 is 5.73 Å². The van der Waals surface area contributed by atoms with Gasteiger partial charge in [-0.3, -0.25) is 0 Å². The molecule has 6 nitrogen and oxygen atoms in total. The fourth-order valence-corrected chi connectivity index (χ4v) is 1.32. The molecule has 2 heterocycles. The van der Waals surface area contributed by atoms with Gasteiger partial charge in [-0.2, -0.15) is 4.98 Å². The molecule has 2 aromatic rings. The minimum absolute atomic E-state index is 0.405. The summed E-state index contributed by atoms with van der Waals surface area (Å²) in [5.74, 6) is 2.12. The second kappa shape index (κ2) is 4.22. The fraction of sp³-hybridized carbons (Fsp3) is 0.444. The van der Waals surface area contributed by atoms with Gasteiger partial charge in [-0.1, -0.05) is 12.1 Å². The molecule has 0 amide bonds.